The lowest BCUT2D eigenvalue weighted by atomic mass is 9.71. The molecule has 0 bridgehead atoms. The summed E-state index contributed by atoms with van der Waals surface area (Å²) in [6, 6.07) is 59.5. The third kappa shape index (κ3) is 6.21. The number of fused-ring (bicyclic) bond motifs is 10. The van der Waals surface area contributed by atoms with Crippen molar-refractivity contribution in [3.05, 3.63) is 191 Å². The van der Waals surface area contributed by atoms with Crippen LogP contribution in [0, 0.1) is 27.7 Å². The smallest absolute Gasteiger partial charge is 0.139 e. The molecule has 0 unspecified atom stereocenters. The molecule has 0 radical (unpaired) electrons. The molecule has 66 heavy (non-hydrogen) atoms. The number of benzene rings is 9. The maximum Gasteiger partial charge on any atom is 0.139 e. The van der Waals surface area contributed by atoms with Gasteiger partial charge in [-0.2, -0.15) is 0 Å². The Kier molecular flexibility index (Phi) is 8.69. The third-order valence-corrected chi connectivity index (χ3v) is 16.4. The lowest BCUT2D eigenvalue weighted by molar-refractivity contribution is 0.471. The number of furan rings is 1. The zero-order chi connectivity index (χ0) is 44.6. The van der Waals surface area contributed by atoms with Gasteiger partial charge in [0.2, 0.25) is 0 Å². The summed E-state index contributed by atoms with van der Waals surface area (Å²) in [5, 5.41) is 10.1. The van der Waals surface area contributed by atoms with Crippen LogP contribution in [0.2, 0.25) is 0 Å². The molecule has 0 fully saturated rings. The molecule has 3 aromatic heterocycles. The zero-order valence-corrected chi connectivity index (χ0v) is 39.7. The molecule has 5 heteroatoms. The van der Waals surface area contributed by atoms with Gasteiger partial charge >= 0.3 is 0 Å². The van der Waals surface area contributed by atoms with Crippen molar-refractivity contribution < 1.29 is 4.42 Å². The summed E-state index contributed by atoms with van der Waals surface area (Å²) in [6.45, 7) is 13.6. The van der Waals surface area contributed by atoms with Crippen molar-refractivity contribution in [3.8, 4) is 0 Å². The summed E-state index contributed by atoms with van der Waals surface area (Å²) in [5.41, 5.74) is 16.4. The van der Waals surface area contributed by atoms with Crippen LogP contribution in [0.4, 0.5) is 34.1 Å². The maximum absolute atomic E-state index is 7.21. The minimum atomic E-state index is -0.0782. The first-order valence-electron chi connectivity index (χ1n) is 23.1. The molecule has 0 aliphatic heterocycles. The fraction of sp³-hybridized carbons (Fsp3) is 0.148. The van der Waals surface area contributed by atoms with Gasteiger partial charge in [-0.25, -0.2) is 0 Å². The summed E-state index contributed by atoms with van der Waals surface area (Å²) in [4.78, 5) is 4.90. The molecule has 1 aliphatic rings. The van der Waals surface area contributed by atoms with Gasteiger partial charge in [0.05, 0.1) is 0 Å². The average Bonchev–Trinajstić information content (AvgIpc) is 3.97. The normalized spacial score (nSPS) is 13.6. The Morgan fingerprint density at radius 3 is 1.53 bits per heavy atom. The fourth-order valence-electron chi connectivity index (χ4n) is 11.3. The second-order valence-electron chi connectivity index (χ2n) is 19.4. The molecule has 0 saturated heterocycles. The Labute approximate surface area is 392 Å². The van der Waals surface area contributed by atoms with Crippen LogP contribution < -0.4 is 9.80 Å². The van der Waals surface area contributed by atoms with Gasteiger partial charge in [0.1, 0.15) is 11.2 Å². The van der Waals surface area contributed by atoms with E-state index in [2.05, 4.69) is 209 Å². The zero-order valence-electron chi connectivity index (χ0n) is 38.0. The van der Waals surface area contributed by atoms with E-state index >= 15 is 0 Å². The molecule has 1 aliphatic carbocycles. The van der Waals surface area contributed by atoms with Gasteiger partial charge in [0, 0.05) is 96.9 Å². The quantitative estimate of drug-likeness (QED) is 0.166. The molecule has 0 N–H and O–H groups in total. The van der Waals surface area contributed by atoms with Gasteiger partial charge < -0.3 is 14.2 Å². The Balaban J connectivity index is 1.02. The Hall–Kier alpha value is -6.92. The van der Waals surface area contributed by atoms with Crippen LogP contribution in [-0.4, -0.2) is 0 Å². The van der Waals surface area contributed by atoms with Crippen LogP contribution in [0.3, 0.4) is 0 Å². The van der Waals surface area contributed by atoms with Crippen molar-refractivity contribution in [2.24, 2.45) is 0 Å². The molecule has 0 saturated carbocycles. The molecular formula is C61H48N2OS2. The molecule has 3 nitrogen and oxygen atoms in total. The molecule has 0 amide bonds. The summed E-state index contributed by atoms with van der Waals surface area (Å²) in [7, 11) is 0. The van der Waals surface area contributed by atoms with E-state index < -0.39 is 0 Å². The minimum absolute atomic E-state index is 0.0782. The largest absolute Gasteiger partial charge is 0.456 e. The van der Waals surface area contributed by atoms with Gasteiger partial charge in [-0.1, -0.05) is 62.4 Å². The Morgan fingerprint density at radius 1 is 0.439 bits per heavy atom. The van der Waals surface area contributed by atoms with Crippen molar-refractivity contribution in [1.82, 2.24) is 0 Å². The SMILES string of the molecule is Cc1cc(C)cc(N(c2cc3c4c(c5oc6cc(N(c7cc(C)cc(C)c7)c7ccc8sc9ccccc9c8c7)ccc6c5cc4c2)C(C)(C)CC3)c2ccc3sc4ccccc4c3c2)c1. The predicted octanol–water partition coefficient (Wildman–Crippen LogP) is 18.9. The highest BCUT2D eigenvalue weighted by atomic mass is 32.1. The highest BCUT2D eigenvalue weighted by molar-refractivity contribution is 7.26. The highest BCUT2D eigenvalue weighted by Crippen LogP contribution is 2.51. The topological polar surface area (TPSA) is 19.6 Å². The van der Waals surface area contributed by atoms with E-state index in [9.17, 15) is 0 Å². The number of hydrogen-bond acceptors (Lipinski definition) is 5. The van der Waals surface area contributed by atoms with E-state index in [4.69, 9.17) is 4.42 Å². The summed E-state index contributed by atoms with van der Waals surface area (Å²) >= 11 is 3.73. The van der Waals surface area contributed by atoms with Crippen molar-refractivity contribution in [2.75, 3.05) is 9.80 Å². The second kappa shape index (κ2) is 14.5. The average molecular weight is 889 g/mol. The molecule has 12 aromatic rings. The van der Waals surface area contributed by atoms with Gasteiger partial charge in [-0.3, -0.25) is 0 Å². The van der Waals surface area contributed by atoms with Crippen molar-refractivity contribution >= 4 is 130 Å². The standard InChI is InChI=1S/C61H48N2OS2/c1-35-23-36(2)26-44(25-35)62(41-16-19-56-50(32-41)48-11-7-9-13-54(48)65-56)43-15-18-47-52-31-40-30-46(29-39-21-22-61(5,6)59(58(39)40)60(52)64-53(47)34-43)63(45-27-37(3)24-38(4)28-45)42-17-20-57-51(33-42)49-12-8-10-14-55(49)66-57/h7-20,23-34H,21-22H2,1-6H3. The molecule has 0 atom stereocenters. The second-order valence-corrected chi connectivity index (χ2v) is 21.6. The molecule has 13 rings (SSSR count). The van der Waals surface area contributed by atoms with Crippen molar-refractivity contribution in [3.63, 3.8) is 0 Å². The predicted molar refractivity (Wildman–Crippen MR) is 287 cm³/mol. The van der Waals surface area contributed by atoms with Crippen LogP contribution >= 0.6 is 22.7 Å². The number of thiophene rings is 2. The first kappa shape index (κ1) is 39.4. The van der Waals surface area contributed by atoms with E-state index in [0.717, 1.165) is 46.5 Å². The van der Waals surface area contributed by atoms with Crippen molar-refractivity contribution in [1.29, 1.82) is 0 Å². The molecule has 9 aromatic carbocycles. The number of nitrogens with zero attached hydrogens (tertiary/aromatic N) is 2. The van der Waals surface area contributed by atoms with E-state index in [1.54, 1.807) is 0 Å². The van der Waals surface area contributed by atoms with Crippen molar-refractivity contribution in [2.45, 2.75) is 59.8 Å². The Bertz CT molecular complexity index is 3950. The molecular weight excluding hydrogens is 841 g/mol. The Morgan fingerprint density at radius 2 is 0.939 bits per heavy atom. The summed E-state index contributed by atoms with van der Waals surface area (Å²) in [6.07, 6.45) is 2.04. The first-order chi connectivity index (χ1) is 32.0. The third-order valence-electron chi connectivity index (χ3n) is 14.1. The van der Waals surface area contributed by atoms with E-state index in [0.29, 0.717) is 0 Å². The molecule has 3 heterocycles. The van der Waals surface area contributed by atoms with Crippen LogP contribution in [0.15, 0.2) is 162 Å². The number of rotatable bonds is 6. The molecule has 0 spiro atoms. The van der Waals surface area contributed by atoms with Crippen LogP contribution in [0.5, 0.6) is 0 Å². The van der Waals surface area contributed by atoms with Crippen LogP contribution in [-0.2, 0) is 11.8 Å². The first-order valence-corrected chi connectivity index (χ1v) is 24.7. The summed E-state index contributed by atoms with van der Waals surface area (Å²) < 4.78 is 12.5. The fourth-order valence-corrected chi connectivity index (χ4v) is 13.4. The van der Waals surface area contributed by atoms with Crippen LogP contribution in [0.1, 0.15) is 53.6 Å². The highest BCUT2D eigenvalue weighted by Gasteiger charge is 2.34. The summed E-state index contributed by atoms with van der Waals surface area (Å²) in [5.74, 6) is 0. The number of aryl methyl sites for hydroxylation is 5. The lowest BCUT2D eigenvalue weighted by Gasteiger charge is -2.34. The minimum Gasteiger partial charge on any atom is -0.456 e. The van der Waals surface area contributed by atoms with E-state index in [1.807, 2.05) is 22.7 Å². The van der Waals surface area contributed by atoms with Crippen LogP contribution in [0.25, 0.3) is 73.1 Å². The lowest BCUT2D eigenvalue weighted by Crippen LogP contribution is -2.23. The van der Waals surface area contributed by atoms with E-state index in [-0.39, 0.29) is 5.41 Å². The number of anilines is 6. The maximum atomic E-state index is 7.21. The monoisotopic (exact) mass is 888 g/mol. The van der Waals surface area contributed by atoms with Gasteiger partial charge in [-0.05, 0) is 188 Å². The van der Waals surface area contributed by atoms with Gasteiger partial charge in [0.25, 0.3) is 0 Å². The van der Waals surface area contributed by atoms with E-state index in [1.165, 1.54) is 107 Å². The van der Waals surface area contributed by atoms with Gasteiger partial charge in [-0.15, -0.1) is 22.7 Å². The molecule has 320 valence electrons. The number of hydrogen-bond donors (Lipinski definition) is 0. The van der Waals surface area contributed by atoms with Gasteiger partial charge in [0.15, 0.2) is 0 Å².